The number of rotatable bonds is 10. The van der Waals surface area contributed by atoms with Gasteiger partial charge >= 0.3 is 0 Å². The van der Waals surface area contributed by atoms with Crippen LogP contribution < -0.4 is 10.6 Å². The van der Waals surface area contributed by atoms with E-state index in [1.54, 1.807) is 48.5 Å². The van der Waals surface area contributed by atoms with Gasteiger partial charge in [0.05, 0.1) is 23.3 Å². The minimum atomic E-state index is -0.125. The molecule has 0 bridgehead atoms. The summed E-state index contributed by atoms with van der Waals surface area (Å²) in [5.41, 5.74) is 2.19. The van der Waals surface area contributed by atoms with Crippen molar-refractivity contribution in [3.63, 3.8) is 0 Å². The van der Waals surface area contributed by atoms with Crippen molar-refractivity contribution < 1.29 is 9.59 Å². The Kier molecular flexibility index (Phi) is 8.92. The van der Waals surface area contributed by atoms with Crippen LogP contribution in [-0.4, -0.2) is 24.9 Å². The number of unbranched alkanes of at least 4 members (excludes halogenated alkanes) is 4. The Balaban J connectivity index is 1.50. The third-order valence-electron chi connectivity index (χ3n) is 4.48. The first kappa shape index (κ1) is 21.7. The molecule has 0 aliphatic heterocycles. The van der Waals surface area contributed by atoms with Crippen molar-refractivity contribution in [2.75, 3.05) is 13.1 Å². The number of benzene rings is 2. The summed E-state index contributed by atoms with van der Waals surface area (Å²) in [6.45, 7) is 1.24. The van der Waals surface area contributed by atoms with Crippen LogP contribution in [0.1, 0.15) is 63.9 Å². The van der Waals surface area contributed by atoms with Crippen molar-refractivity contribution in [2.24, 2.45) is 0 Å². The number of nitrogens with one attached hydrogen (secondary N) is 2. The minimum absolute atomic E-state index is 0.125. The van der Waals surface area contributed by atoms with E-state index in [1.165, 1.54) is 0 Å². The Hall–Kier alpha value is -3.64. The molecule has 2 amide bonds. The van der Waals surface area contributed by atoms with Gasteiger partial charge in [-0.3, -0.25) is 9.59 Å². The first-order chi connectivity index (χ1) is 14.1. The normalized spacial score (nSPS) is 9.86. The van der Waals surface area contributed by atoms with E-state index in [0.29, 0.717) is 35.3 Å². The molecule has 0 saturated carbocycles. The molecular weight excluding hydrogens is 364 g/mol. The molecule has 0 saturated heterocycles. The van der Waals surface area contributed by atoms with E-state index in [4.69, 9.17) is 10.5 Å². The highest BCUT2D eigenvalue weighted by atomic mass is 16.2. The van der Waals surface area contributed by atoms with Crippen LogP contribution >= 0.6 is 0 Å². The molecule has 0 atom stereocenters. The number of nitriles is 2. The van der Waals surface area contributed by atoms with Gasteiger partial charge in [0.2, 0.25) is 0 Å². The monoisotopic (exact) mass is 388 g/mol. The van der Waals surface area contributed by atoms with E-state index in [0.717, 1.165) is 32.1 Å². The molecule has 0 spiro atoms. The largest absolute Gasteiger partial charge is 0.352 e. The van der Waals surface area contributed by atoms with Gasteiger partial charge in [-0.15, -0.1) is 0 Å². The van der Waals surface area contributed by atoms with Crippen LogP contribution in [0.25, 0.3) is 0 Å². The molecule has 0 heterocycles. The Morgan fingerprint density at radius 2 is 0.966 bits per heavy atom. The average molecular weight is 388 g/mol. The van der Waals surface area contributed by atoms with E-state index < -0.39 is 0 Å². The summed E-state index contributed by atoms with van der Waals surface area (Å²) >= 11 is 0. The maximum atomic E-state index is 12.0. The van der Waals surface area contributed by atoms with Crippen LogP contribution in [0.4, 0.5) is 0 Å². The molecule has 0 fully saturated rings. The Bertz CT molecular complexity index is 815. The van der Waals surface area contributed by atoms with E-state index in [9.17, 15) is 9.59 Å². The van der Waals surface area contributed by atoms with Crippen molar-refractivity contribution in [2.45, 2.75) is 32.1 Å². The highest BCUT2D eigenvalue weighted by Crippen LogP contribution is 2.06. The lowest BCUT2D eigenvalue weighted by atomic mass is 10.1. The number of hydrogen-bond donors (Lipinski definition) is 2. The Labute approximate surface area is 171 Å². The SMILES string of the molecule is N#Cc1ccc(C(=O)NCCCCCCCNC(=O)c2ccc(C#N)cc2)cc1. The lowest BCUT2D eigenvalue weighted by molar-refractivity contribution is 0.0945. The van der Waals surface area contributed by atoms with Gasteiger partial charge in [0.1, 0.15) is 0 Å². The molecule has 2 rings (SSSR count). The first-order valence-corrected chi connectivity index (χ1v) is 9.71. The zero-order chi connectivity index (χ0) is 20.9. The molecule has 0 aliphatic rings. The summed E-state index contributed by atoms with van der Waals surface area (Å²) in [6.07, 6.45) is 4.87. The summed E-state index contributed by atoms with van der Waals surface area (Å²) in [4.78, 5) is 24.0. The predicted octanol–water partition coefficient (Wildman–Crippen LogP) is 3.54. The number of carbonyl (C=O) groups excluding carboxylic acids is 2. The maximum absolute atomic E-state index is 12.0. The third-order valence-corrected chi connectivity index (χ3v) is 4.48. The van der Waals surface area contributed by atoms with E-state index in [2.05, 4.69) is 10.6 Å². The minimum Gasteiger partial charge on any atom is -0.352 e. The summed E-state index contributed by atoms with van der Waals surface area (Å²) in [5, 5.41) is 23.3. The van der Waals surface area contributed by atoms with Gasteiger partial charge in [-0.2, -0.15) is 10.5 Å². The van der Waals surface area contributed by atoms with Crippen molar-refractivity contribution in [1.29, 1.82) is 10.5 Å². The number of hydrogen-bond acceptors (Lipinski definition) is 4. The molecule has 2 aromatic rings. The standard InChI is InChI=1S/C23H24N4O2/c24-16-18-6-10-20(11-7-18)22(28)26-14-4-2-1-3-5-15-27-23(29)21-12-8-19(17-25)9-13-21/h6-13H,1-5,14-15H2,(H,26,28)(H,27,29). The Morgan fingerprint density at radius 3 is 1.31 bits per heavy atom. The lowest BCUT2D eigenvalue weighted by Gasteiger charge is -2.07. The van der Waals surface area contributed by atoms with Crippen molar-refractivity contribution >= 4 is 11.8 Å². The van der Waals surface area contributed by atoms with E-state index in [1.807, 2.05) is 12.1 Å². The molecular formula is C23H24N4O2. The van der Waals surface area contributed by atoms with Crippen LogP contribution in [0.2, 0.25) is 0 Å². The fraction of sp³-hybridized carbons (Fsp3) is 0.304. The van der Waals surface area contributed by atoms with Gasteiger partial charge in [-0.1, -0.05) is 19.3 Å². The second kappa shape index (κ2) is 11.9. The van der Waals surface area contributed by atoms with Crippen LogP contribution in [0.3, 0.4) is 0 Å². The number of nitrogens with zero attached hydrogens (tertiary/aromatic N) is 2. The zero-order valence-electron chi connectivity index (χ0n) is 16.3. The first-order valence-electron chi connectivity index (χ1n) is 9.71. The molecule has 29 heavy (non-hydrogen) atoms. The topological polar surface area (TPSA) is 106 Å². The smallest absolute Gasteiger partial charge is 0.251 e. The van der Waals surface area contributed by atoms with E-state index in [-0.39, 0.29) is 11.8 Å². The Morgan fingerprint density at radius 1 is 0.621 bits per heavy atom. The quantitative estimate of drug-likeness (QED) is 0.607. The third kappa shape index (κ3) is 7.48. The fourth-order valence-corrected chi connectivity index (χ4v) is 2.78. The number of amides is 2. The van der Waals surface area contributed by atoms with Crippen LogP contribution in [0, 0.1) is 22.7 Å². The van der Waals surface area contributed by atoms with Gasteiger partial charge in [-0.05, 0) is 61.4 Å². The highest BCUT2D eigenvalue weighted by molar-refractivity contribution is 5.94. The van der Waals surface area contributed by atoms with Crippen LogP contribution in [0.5, 0.6) is 0 Å². The van der Waals surface area contributed by atoms with Gasteiger partial charge in [0, 0.05) is 24.2 Å². The van der Waals surface area contributed by atoms with Gasteiger partial charge in [-0.25, -0.2) is 0 Å². The summed E-state index contributed by atoms with van der Waals surface area (Å²) in [6, 6.07) is 17.2. The number of carbonyl (C=O) groups is 2. The summed E-state index contributed by atoms with van der Waals surface area (Å²) in [5.74, 6) is -0.250. The molecule has 148 valence electrons. The second-order valence-corrected chi connectivity index (χ2v) is 6.66. The van der Waals surface area contributed by atoms with Crippen molar-refractivity contribution in [1.82, 2.24) is 10.6 Å². The van der Waals surface area contributed by atoms with Crippen molar-refractivity contribution in [3.05, 3.63) is 70.8 Å². The highest BCUT2D eigenvalue weighted by Gasteiger charge is 2.05. The summed E-state index contributed by atoms with van der Waals surface area (Å²) in [7, 11) is 0. The van der Waals surface area contributed by atoms with Gasteiger partial charge in [0.15, 0.2) is 0 Å². The predicted molar refractivity (Wildman–Crippen MR) is 110 cm³/mol. The zero-order valence-corrected chi connectivity index (χ0v) is 16.3. The average Bonchev–Trinajstić information content (AvgIpc) is 2.77. The molecule has 2 aromatic carbocycles. The van der Waals surface area contributed by atoms with Crippen LogP contribution in [0.15, 0.2) is 48.5 Å². The van der Waals surface area contributed by atoms with Gasteiger partial charge in [0.25, 0.3) is 11.8 Å². The van der Waals surface area contributed by atoms with E-state index >= 15 is 0 Å². The van der Waals surface area contributed by atoms with Gasteiger partial charge < -0.3 is 10.6 Å². The molecule has 6 heteroatoms. The molecule has 0 aromatic heterocycles. The maximum Gasteiger partial charge on any atom is 0.251 e. The fourth-order valence-electron chi connectivity index (χ4n) is 2.78. The molecule has 0 radical (unpaired) electrons. The second-order valence-electron chi connectivity index (χ2n) is 6.66. The molecule has 0 unspecified atom stereocenters. The molecule has 0 aliphatic carbocycles. The summed E-state index contributed by atoms with van der Waals surface area (Å²) < 4.78 is 0. The van der Waals surface area contributed by atoms with Crippen LogP contribution in [-0.2, 0) is 0 Å². The molecule has 2 N–H and O–H groups in total. The lowest BCUT2D eigenvalue weighted by Crippen LogP contribution is -2.24. The van der Waals surface area contributed by atoms with Crippen molar-refractivity contribution in [3.8, 4) is 12.1 Å². The molecule has 6 nitrogen and oxygen atoms in total.